The van der Waals surface area contributed by atoms with E-state index in [1.165, 1.54) is 0 Å². The van der Waals surface area contributed by atoms with Crippen LogP contribution in [0.2, 0.25) is 0 Å². The van der Waals surface area contributed by atoms with E-state index in [2.05, 4.69) is 6.58 Å². The van der Waals surface area contributed by atoms with Gasteiger partial charge in [-0.3, -0.25) is 0 Å². The summed E-state index contributed by atoms with van der Waals surface area (Å²) in [5.41, 5.74) is 13.7. The van der Waals surface area contributed by atoms with Gasteiger partial charge in [0.15, 0.2) is 5.75 Å². The van der Waals surface area contributed by atoms with Gasteiger partial charge in [0.05, 0.1) is 5.69 Å². The van der Waals surface area contributed by atoms with Gasteiger partial charge in [-0.2, -0.15) is 0 Å². The smallest absolute Gasteiger partial charge is 0.152 e. The minimum absolute atomic E-state index is 0.562. The molecule has 0 saturated carbocycles. The second-order valence-corrected chi connectivity index (χ2v) is 3.67. The van der Waals surface area contributed by atoms with E-state index < -0.39 is 0 Å². The number of hydrogen-bond acceptors (Lipinski definition) is 3. The molecule has 0 aliphatic rings. The molecule has 2 rings (SSSR count). The van der Waals surface area contributed by atoms with Crippen molar-refractivity contribution in [1.29, 1.82) is 0 Å². The van der Waals surface area contributed by atoms with E-state index in [1.54, 1.807) is 24.3 Å². The molecule has 17 heavy (non-hydrogen) atoms. The third kappa shape index (κ3) is 2.58. The first-order valence-corrected chi connectivity index (χ1v) is 5.24. The quantitative estimate of drug-likeness (QED) is 0.789. The Bertz CT molecular complexity index is 532. The van der Waals surface area contributed by atoms with E-state index in [4.69, 9.17) is 16.2 Å². The topological polar surface area (TPSA) is 61.3 Å². The summed E-state index contributed by atoms with van der Waals surface area (Å²) in [4.78, 5) is 0. The Morgan fingerprint density at radius 1 is 1.00 bits per heavy atom. The van der Waals surface area contributed by atoms with Gasteiger partial charge in [-0.1, -0.05) is 24.8 Å². The number of hydrogen-bond donors (Lipinski definition) is 2. The molecular weight excluding hydrogens is 212 g/mol. The highest BCUT2D eigenvalue weighted by atomic mass is 16.5. The summed E-state index contributed by atoms with van der Waals surface area (Å²) < 4.78 is 5.65. The Labute approximate surface area is 100 Å². The van der Waals surface area contributed by atoms with E-state index in [1.807, 2.05) is 24.3 Å². The van der Waals surface area contributed by atoms with Gasteiger partial charge in [0.25, 0.3) is 0 Å². The van der Waals surface area contributed by atoms with E-state index in [-0.39, 0.29) is 0 Å². The number of nitrogen functional groups attached to an aromatic ring is 2. The van der Waals surface area contributed by atoms with Crippen molar-refractivity contribution in [1.82, 2.24) is 0 Å². The maximum Gasteiger partial charge on any atom is 0.152 e. The monoisotopic (exact) mass is 226 g/mol. The Hall–Kier alpha value is -2.42. The van der Waals surface area contributed by atoms with Crippen LogP contribution in [0, 0.1) is 0 Å². The van der Waals surface area contributed by atoms with Crippen LogP contribution < -0.4 is 16.2 Å². The van der Waals surface area contributed by atoms with Crippen LogP contribution in [-0.2, 0) is 0 Å². The lowest BCUT2D eigenvalue weighted by molar-refractivity contribution is 0.485. The van der Waals surface area contributed by atoms with Crippen molar-refractivity contribution in [3.63, 3.8) is 0 Å². The average Bonchev–Trinajstić information content (AvgIpc) is 2.35. The molecule has 0 amide bonds. The Kier molecular flexibility index (Phi) is 3.01. The number of rotatable bonds is 3. The number of benzene rings is 2. The molecule has 0 spiro atoms. The van der Waals surface area contributed by atoms with Gasteiger partial charge in [-0.05, 0) is 29.8 Å². The van der Waals surface area contributed by atoms with Gasteiger partial charge in [-0.25, -0.2) is 0 Å². The van der Waals surface area contributed by atoms with Gasteiger partial charge >= 0.3 is 0 Å². The first-order chi connectivity index (χ1) is 8.19. The van der Waals surface area contributed by atoms with Gasteiger partial charge in [0, 0.05) is 11.8 Å². The molecule has 4 N–H and O–H groups in total. The Morgan fingerprint density at radius 3 is 2.35 bits per heavy atom. The predicted molar refractivity (Wildman–Crippen MR) is 71.9 cm³/mol. The lowest BCUT2D eigenvalue weighted by atomic mass is 10.2. The van der Waals surface area contributed by atoms with E-state index >= 15 is 0 Å². The lowest BCUT2D eigenvalue weighted by Crippen LogP contribution is -1.94. The molecule has 0 bridgehead atoms. The maximum absolute atomic E-state index is 5.80. The van der Waals surface area contributed by atoms with Crippen molar-refractivity contribution in [3.8, 4) is 11.5 Å². The molecule has 0 aromatic heterocycles. The molecular formula is C14H14N2O. The van der Waals surface area contributed by atoms with Gasteiger partial charge in [-0.15, -0.1) is 0 Å². The van der Waals surface area contributed by atoms with Crippen molar-refractivity contribution in [2.75, 3.05) is 11.5 Å². The minimum atomic E-state index is 0.562. The lowest BCUT2D eigenvalue weighted by Gasteiger charge is -2.09. The van der Waals surface area contributed by atoms with Crippen LogP contribution in [0.3, 0.4) is 0 Å². The Balaban J connectivity index is 2.24. The molecule has 2 aromatic rings. The summed E-state index contributed by atoms with van der Waals surface area (Å²) in [6.45, 7) is 3.69. The summed E-state index contributed by atoms with van der Waals surface area (Å²) in [5.74, 6) is 1.28. The fourth-order valence-electron chi connectivity index (χ4n) is 1.44. The first-order valence-electron chi connectivity index (χ1n) is 5.24. The van der Waals surface area contributed by atoms with Crippen molar-refractivity contribution in [2.24, 2.45) is 0 Å². The molecule has 3 nitrogen and oxygen atoms in total. The minimum Gasteiger partial charge on any atom is -0.455 e. The van der Waals surface area contributed by atoms with E-state index in [9.17, 15) is 0 Å². The van der Waals surface area contributed by atoms with Crippen molar-refractivity contribution in [2.45, 2.75) is 0 Å². The van der Waals surface area contributed by atoms with E-state index in [0.29, 0.717) is 22.9 Å². The van der Waals surface area contributed by atoms with Crippen molar-refractivity contribution in [3.05, 3.63) is 54.6 Å². The van der Waals surface area contributed by atoms with Crippen LogP contribution in [-0.4, -0.2) is 0 Å². The van der Waals surface area contributed by atoms with Crippen LogP contribution >= 0.6 is 0 Å². The molecule has 2 aromatic carbocycles. The van der Waals surface area contributed by atoms with Crippen LogP contribution in [0.5, 0.6) is 11.5 Å². The van der Waals surface area contributed by atoms with Crippen molar-refractivity contribution >= 4 is 17.5 Å². The SMILES string of the molecule is C=Cc1ccc(Oc2cc(N)ccc2N)cc1. The molecule has 86 valence electrons. The van der Waals surface area contributed by atoms with Gasteiger partial charge in [0.1, 0.15) is 5.75 Å². The average molecular weight is 226 g/mol. The molecule has 0 unspecified atom stereocenters. The molecule has 0 saturated heterocycles. The van der Waals surface area contributed by atoms with Gasteiger partial charge < -0.3 is 16.2 Å². The molecule has 0 atom stereocenters. The second-order valence-electron chi connectivity index (χ2n) is 3.67. The van der Waals surface area contributed by atoms with Gasteiger partial charge in [0.2, 0.25) is 0 Å². The highest BCUT2D eigenvalue weighted by molar-refractivity contribution is 5.61. The Morgan fingerprint density at radius 2 is 1.71 bits per heavy atom. The van der Waals surface area contributed by atoms with Crippen molar-refractivity contribution < 1.29 is 4.74 Å². The first kappa shape index (κ1) is 11.1. The summed E-state index contributed by atoms with van der Waals surface area (Å²) in [5, 5.41) is 0. The largest absolute Gasteiger partial charge is 0.455 e. The number of nitrogens with two attached hydrogens (primary N) is 2. The highest BCUT2D eigenvalue weighted by Crippen LogP contribution is 2.29. The van der Waals surface area contributed by atoms with Crippen LogP contribution in [0.25, 0.3) is 6.08 Å². The fourth-order valence-corrected chi connectivity index (χ4v) is 1.44. The maximum atomic E-state index is 5.80. The summed E-state index contributed by atoms with van der Waals surface area (Å²) >= 11 is 0. The molecule has 0 fully saturated rings. The zero-order valence-corrected chi connectivity index (χ0v) is 9.39. The molecule has 0 heterocycles. The molecule has 0 radical (unpaired) electrons. The van der Waals surface area contributed by atoms with Crippen LogP contribution in [0.4, 0.5) is 11.4 Å². The van der Waals surface area contributed by atoms with Crippen LogP contribution in [0.1, 0.15) is 5.56 Å². The zero-order chi connectivity index (χ0) is 12.3. The van der Waals surface area contributed by atoms with E-state index in [0.717, 1.165) is 5.56 Å². The molecule has 0 aliphatic carbocycles. The number of anilines is 2. The summed E-state index contributed by atoms with van der Waals surface area (Å²) in [6.07, 6.45) is 1.78. The second kappa shape index (κ2) is 4.61. The third-order valence-electron chi connectivity index (χ3n) is 2.38. The normalized spacial score (nSPS) is 9.88. The summed E-state index contributed by atoms with van der Waals surface area (Å²) in [7, 11) is 0. The third-order valence-corrected chi connectivity index (χ3v) is 2.38. The standard InChI is InChI=1S/C14H14N2O/c1-2-10-3-6-12(7-4-10)17-14-9-11(15)5-8-13(14)16/h2-9H,1,15-16H2. The van der Waals surface area contributed by atoms with Crippen LogP contribution in [0.15, 0.2) is 49.0 Å². The highest BCUT2D eigenvalue weighted by Gasteiger charge is 2.02. The summed E-state index contributed by atoms with van der Waals surface area (Å²) in [6, 6.07) is 12.7. The molecule has 0 aliphatic heterocycles. The fraction of sp³-hybridized carbons (Fsp3) is 0. The number of ether oxygens (including phenoxy) is 1. The zero-order valence-electron chi connectivity index (χ0n) is 9.39. The molecule has 3 heteroatoms. The predicted octanol–water partition coefficient (Wildman–Crippen LogP) is 3.29.